The minimum Gasteiger partial charge on any atom is -0.316 e. The van der Waals surface area contributed by atoms with Crippen LogP contribution in [0.2, 0.25) is 0 Å². The van der Waals surface area contributed by atoms with Crippen molar-refractivity contribution in [2.75, 3.05) is 7.05 Å². The van der Waals surface area contributed by atoms with Crippen molar-refractivity contribution in [2.45, 2.75) is 18.9 Å². The second-order valence-electron chi connectivity index (χ2n) is 4.22. The molecule has 1 N–H and O–H groups in total. The van der Waals surface area contributed by atoms with Crippen LogP contribution in [0.5, 0.6) is 0 Å². The molecule has 1 aromatic carbocycles. The highest BCUT2D eigenvalue weighted by Crippen LogP contribution is 2.25. The topological polar surface area (TPSA) is 12.0 Å². The van der Waals surface area contributed by atoms with Crippen molar-refractivity contribution in [2.24, 2.45) is 0 Å². The number of hydrogen-bond acceptors (Lipinski definition) is 2. The van der Waals surface area contributed by atoms with Crippen molar-refractivity contribution in [3.63, 3.8) is 0 Å². The Hall–Kier alpha value is -0.160. The predicted molar refractivity (Wildman–Crippen MR) is 86.4 cm³/mol. The van der Waals surface area contributed by atoms with Crippen molar-refractivity contribution in [1.29, 1.82) is 0 Å². The lowest BCUT2D eigenvalue weighted by Crippen LogP contribution is -2.29. The van der Waals surface area contributed by atoms with Gasteiger partial charge in [0.25, 0.3) is 0 Å². The van der Waals surface area contributed by atoms with Crippen LogP contribution < -0.4 is 5.32 Å². The zero-order valence-electron chi connectivity index (χ0n) is 10.1. The van der Waals surface area contributed by atoms with E-state index in [4.69, 9.17) is 0 Å². The molecule has 4 heteroatoms. The summed E-state index contributed by atoms with van der Waals surface area (Å²) in [5.74, 6) is 0. The van der Waals surface area contributed by atoms with Crippen LogP contribution in [0, 0.1) is 0 Å². The molecule has 18 heavy (non-hydrogen) atoms. The standard InChI is InChI=1S/C14H15Br2NS/c1-17-12(9-14-13(16)5-6-18-14)8-10-3-2-4-11(15)7-10/h2-7,12,17H,8-9H2,1H3. The Bertz CT molecular complexity index is 510. The first-order valence-electron chi connectivity index (χ1n) is 5.82. The number of likely N-dealkylation sites (N-methyl/N-ethyl adjacent to an activating group) is 1. The van der Waals surface area contributed by atoms with Gasteiger partial charge in [0.15, 0.2) is 0 Å². The zero-order chi connectivity index (χ0) is 13.0. The number of benzene rings is 1. The fourth-order valence-corrected chi connectivity index (χ4v) is 3.96. The molecule has 2 aromatic rings. The first-order valence-corrected chi connectivity index (χ1v) is 8.29. The summed E-state index contributed by atoms with van der Waals surface area (Å²) in [6.45, 7) is 0. The number of nitrogens with one attached hydrogen (secondary N) is 1. The summed E-state index contributed by atoms with van der Waals surface area (Å²) in [4.78, 5) is 1.41. The quantitative estimate of drug-likeness (QED) is 0.786. The Balaban J connectivity index is 2.04. The molecule has 0 fully saturated rings. The van der Waals surface area contributed by atoms with Gasteiger partial charge in [-0.1, -0.05) is 28.1 Å². The lowest BCUT2D eigenvalue weighted by molar-refractivity contribution is 0.559. The highest BCUT2D eigenvalue weighted by molar-refractivity contribution is 9.10. The lowest BCUT2D eigenvalue weighted by atomic mass is 10.0. The predicted octanol–water partition coefficient (Wildman–Crippen LogP) is 4.65. The maximum Gasteiger partial charge on any atom is 0.0314 e. The summed E-state index contributed by atoms with van der Waals surface area (Å²) in [5.41, 5.74) is 1.36. The van der Waals surface area contributed by atoms with E-state index in [2.05, 4.69) is 72.9 Å². The number of rotatable bonds is 5. The lowest BCUT2D eigenvalue weighted by Gasteiger charge is -2.16. The second-order valence-corrected chi connectivity index (χ2v) is 6.99. The van der Waals surface area contributed by atoms with Gasteiger partial charge in [-0.2, -0.15) is 0 Å². The first-order chi connectivity index (χ1) is 8.69. The monoisotopic (exact) mass is 387 g/mol. The molecule has 0 spiro atoms. The first kappa shape index (κ1) is 14.3. The van der Waals surface area contributed by atoms with Crippen LogP contribution in [0.15, 0.2) is 44.7 Å². The molecule has 96 valence electrons. The molecule has 1 atom stereocenters. The Morgan fingerprint density at radius 2 is 2.06 bits per heavy atom. The fraction of sp³-hybridized carbons (Fsp3) is 0.286. The van der Waals surface area contributed by atoms with Gasteiger partial charge in [0.05, 0.1) is 0 Å². The molecule has 0 aliphatic rings. The highest BCUT2D eigenvalue weighted by Gasteiger charge is 2.11. The minimum absolute atomic E-state index is 0.467. The van der Waals surface area contributed by atoms with Gasteiger partial charge in [0.2, 0.25) is 0 Å². The summed E-state index contributed by atoms with van der Waals surface area (Å²) in [7, 11) is 2.03. The van der Waals surface area contributed by atoms with Crippen LogP contribution >= 0.6 is 43.2 Å². The van der Waals surface area contributed by atoms with E-state index in [0.29, 0.717) is 6.04 Å². The Morgan fingerprint density at radius 3 is 2.67 bits per heavy atom. The van der Waals surface area contributed by atoms with E-state index in [0.717, 1.165) is 17.3 Å². The van der Waals surface area contributed by atoms with Gasteiger partial charge in [-0.15, -0.1) is 11.3 Å². The van der Waals surface area contributed by atoms with Crippen LogP contribution in [-0.2, 0) is 12.8 Å². The molecule has 1 unspecified atom stereocenters. The fourth-order valence-electron chi connectivity index (χ4n) is 1.92. The van der Waals surface area contributed by atoms with Crippen molar-refractivity contribution < 1.29 is 0 Å². The van der Waals surface area contributed by atoms with Gasteiger partial charge in [-0.3, -0.25) is 0 Å². The number of halogens is 2. The number of hydrogen-bond donors (Lipinski definition) is 1. The summed E-state index contributed by atoms with van der Waals surface area (Å²) < 4.78 is 2.37. The van der Waals surface area contributed by atoms with Gasteiger partial charge in [-0.25, -0.2) is 0 Å². The Labute approximate surface area is 129 Å². The normalized spacial score (nSPS) is 12.6. The molecule has 0 aliphatic carbocycles. The van der Waals surface area contributed by atoms with E-state index in [9.17, 15) is 0 Å². The third-order valence-electron chi connectivity index (χ3n) is 2.90. The third kappa shape index (κ3) is 3.92. The summed E-state index contributed by atoms with van der Waals surface area (Å²) >= 11 is 8.93. The third-order valence-corrected chi connectivity index (χ3v) is 5.34. The second kappa shape index (κ2) is 6.85. The molecule has 0 saturated carbocycles. The van der Waals surface area contributed by atoms with Gasteiger partial charge < -0.3 is 5.32 Å². The van der Waals surface area contributed by atoms with Crippen LogP contribution in [0.3, 0.4) is 0 Å². The van der Waals surface area contributed by atoms with E-state index in [1.807, 2.05) is 18.4 Å². The average Bonchev–Trinajstić information content (AvgIpc) is 2.74. The van der Waals surface area contributed by atoms with E-state index >= 15 is 0 Å². The van der Waals surface area contributed by atoms with Crippen molar-refractivity contribution in [3.05, 3.63) is 55.1 Å². The van der Waals surface area contributed by atoms with Gasteiger partial charge in [0.1, 0.15) is 0 Å². The highest BCUT2D eigenvalue weighted by atomic mass is 79.9. The summed E-state index contributed by atoms with van der Waals surface area (Å²) in [6, 6.07) is 11.1. The number of thiophene rings is 1. The summed E-state index contributed by atoms with van der Waals surface area (Å²) in [6.07, 6.45) is 2.10. The maximum atomic E-state index is 3.60. The van der Waals surface area contributed by atoms with Crippen LogP contribution in [0.4, 0.5) is 0 Å². The van der Waals surface area contributed by atoms with Crippen molar-refractivity contribution in [3.8, 4) is 0 Å². The molecule has 0 bridgehead atoms. The molecule has 0 amide bonds. The maximum absolute atomic E-state index is 3.60. The van der Waals surface area contributed by atoms with E-state index in [1.165, 1.54) is 14.9 Å². The van der Waals surface area contributed by atoms with Crippen molar-refractivity contribution >= 4 is 43.2 Å². The average molecular weight is 389 g/mol. The van der Waals surface area contributed by atoms with Crippen LogP contribution in [0.25, 0.3) is 0 Å². The van der Waals surface area contributed by atoms with E-state index in [1.54, 1.807) is 0 Å². The SMILES string of the molecule is CNC(Cc1cccc(Br)c1)Cc1sccc1Br. The van der Waals surface area contributed by atoms with E-state index < -0.39 is 0 Å². The smallest absolute Gasteiger partial charge is 0.0314 e. The van der Waals surface area contributed by atoms with Gasteiger partial charge in [0, 0.05) is 19.9 Å². The van der Waals surface area contributed by atoms with Crippen LogP contribution in [-0.4, -0.2) is 13.1 Å². The van der Waals surface area contributed by atoms with Crippen LogP contribution in [0.1, 0.15) is 10.4 Å². The molecular weight excluding hydrogens is 374 g/mol. The molecule has 0 aliphatic heterocycles. The molecule has 1 nitrogen and oxygen atoms in total. The molecule has 2 rings (SSSR count). The van der Waals surface area contributed by atoms with Crippen molar-refractivity contribution in [1.82, 2.24) is 5.32 Å². The molecule has 1 heterocycles. The zero-order valence-corrected chi connectivity index (χ0v) is 14.1. The minimum atomic E-state index is 0.467. The Morgan fingerprint density at radius 1 is 1.22 bits per heavy atom. The summed E-state index contributed by atoms with van der Waals surface area (Å²) in [5, 5.41) is 5.54. The Kier molecular flexibility index (Phi) is 5.42. The van der Waals surface area contributed by atoms with Gasteiger partial charge in [-0.05, 0) is 65.0 Å². The molecular formula is C14H15Br2NS. The molecule has 1 aromatic heterocycles. The molecule has 0 radical (unpaired) electrons. The molecule has 0 saturated heterocycles. The largest absolute Gasteiger partial charge is 0.316 e. The van der Waals surface area contributed by atoms with E-state index in [-0.39, 0.29) is 0 Å². The van der Waals surface area contributed by atoms with Gasteiger partial charge >= 0.3 is 0 Å².